The smallest absolute Gasteiger partial charge is 0.250 e. The zero-order chi connectivity index (χ0) is 21.5. The molecule has 4 heterocycles. The SMILES string of the molecule is CCn1ncc2ccc(-c3cnn4cc(-c5ccc(=O)n(CC(C)C)c5)cnc34)cc21. The molecule has 0 atom stereocenters. The van der Waals surface area contributed by atoms with Crippen molar-refractivity contribution in [1.29, 1.82) is 0 Å². The maximum Gasteiger partial charge on any atom is 0.250 e. The van der Waals surface area contributed by atoms with Crippen molar-refractivity contribution in [1.82, 2.24) is 28.9 Å². The number of pyridine rings is 1. The van der Waals surface area contributed by atoms with Gasteiger partial charge in [0.2, 0.25) is 0 Å². The molecule has 5 rings (SSSR count). The van der Waals surface area contributed by atoms with Crippen molar-refractivity contribution in [3.05, 3.63) is 71.7 Å². The maximum absolute atomic E-state index is 12.2. The first-order chi connectivity index (χ1) is 15.0. The highest BCUT2D eigenvalue weighted by molar-refractivity contribution is 5.87. The third-order valence-electron chi connectivity index (χ3n) is 5.49. The van der Waals surface area contributed by atoms with Crippen molar-refractivity contribution in [2.45, 2.75) is 33.9 Å². The molecule has 1 aromatic carbocycles. The number of benzene rings is 1. The Morgan fingerprint density at radius 1 is 0.935 bits per heavy atom. The van der Waals surface area contributed by atoms with Gasteiger partial charge in [-0.1, -0.05) is 26.0 Å². The van der Waals surface area contributed by atoms with Gasteiger partial charge in [0.25, 0.3) is 5.56 Å². The van der Waals surface area contributed by atoms with E-state index < -0.39 is 0 Å². The van der Waals surface area contributed by atoms with Crippen LogP contribution >= 0.6 is 0 Å². The van der Waals surface area contributed by atoms with Crippen molar-refractivity contribution in [3.63, 3.8) is 0 Å². The van der Waals surface area contributed by atoms with E-state index in [0.29, 0.717) is 12.5 Å². The van der Waals surface area contributed by atoms with E-state index in [-0.39, 0.29) is 5.56 Å². The quantitative estimate of drug-likeness (QED) is 0.433. The molecule has 4 aromatic heterocycles. The van der Waals surface area contributed by atoms with Crippen molar-refractivity contribution in [2.75, 3.05) is 0 Å². The predicted molar refractivity (Wildman–Crippen MR) is 122 cm³/mol. The zero-order valence-electron chi connectivity index (χ0n) is 17.9. The average molecular weight is 412 g/mol. The standard InChI is InChI=1S/C24H24N6O/c1-4-29-22-9-17(5-6-18(22)11-26-29)21-12-27-30-15-20(10-25-24(21)30)19-7-8-23(31)28(14-19)13-16(2)3/h5-12,14-16H,4,13H2,1-3H3. The Morgan fingerprint density at radius 3 is 2.58 bits per heavy atom. The lowest BCUT2D eigenvalue weighted by Gasteiger charge is -2.10. The van der Waals surface area contributed by atoms with E-state index in [1.54, 1.807) is 15.1 Å². The average Bonchev–Trinajstić information content (AvgIpc) is 3.37. The highest BCUT2D eigenvalue weighted by Gasteiger charge is 2.12. The normalized spacial score (nSPS) is 11.7. The summed E-state index contributed by atoms with van der Waals surface area (Å²) in [6.07, 6.45) is 9.44. The summed E-state index contributed by atoms with van der Waals surface area (Å²) in [5.41, 5.74) is 5.80. The minimum Gasteiger partial charge on any atom is -0.315 e. The van der Waals surface area contributed by atoms with E-state index >= 15 is 0 Å². The first-order valence-electron chi connectivity index (χ1n) is 10.5. The van der Waals surface area contributed by atoms with Gasteiger partial charge in [0.1, 0.15) is 0 Å². The third kappa shape index (κ3) is 3.42. The van der Waals surface area contributed by atoms with E-state index in [0.717, 1.165) is 45.3 Å². The number of nitrogens with zero attached hydrogens (tertiary/aromatic N) is 6. The molecule has 0 bridgehead atoms. The molecule has 0 saturated heterocycles. The van der Waals surface area contributed by atoms with Gasteiger partial charge in [-0.15, -0.1) is 0 Å². The summed E-state index contributed by atoms with van der Waals surface area (Å²) >= 11 is 0. The summed E-state index contributed by atoms with van der Waals surface area (Å²) in [5.74, 6) is 0.392. The molecule has 7 heteroatoms. The van der Waals surface area contributed by atoms with Crippen LogP contribution in [0.25, 0.3) is 38.8 Å². The summed E-state index contributed by atoms with van der Waals surface area (Å²) in [7, 11) is 0. The topological polar surface area (TPSA) is 70.0 Å². The van der Waals surface area contributed by atoms with Crippen LogP contribution in [0.2, 0.25) is 0 Å². The van der Waals surface area contributed by atoms with Crippen LogP contribution in [0, 0.1) is 5.92 Å². The molecule has 0 saturated carbocycles. The van der Waals surface area contributed by atoms with Crippen molar-refractivity contribution < 1.29 is 0 Å². The fraction of sp³-hybridized carbons (Fsp3) is 0.250. The van der Waals surface area contributed by atoms with Gasteiger partial charge in [0, 0.05) is 59.8 Å². The second-order valence-corrected chi connectivity index (χ2v) is 8.21. The fourth-order valence-electron chi connectivity index (χ4n) is 3.96. The van der Waals surface area contributed by atoms with Gasteiger partial charge < -0.3 is 4.57 Å². The van der Waals surface area contributed by atoms with Crippen LogP contribution in [0.5, 0.6) is 0 Å². The predicted octanol–water partition coefficient (Wildman–Crippen LogP) is 4.25. The summed E-state index contributed by atoms with van der Waals surface area (Å²) in [6, 6.07) is 9.76. The molecule has 0 aliphatic heterocycles. The number of aryl methyl sites for hydroxylation is 1. The summed E-state index contributed by atoms with van der Waals surface area (Å²) in [6.45, 7) is 7.79. The van der Waals surface area contributed by atoms with Gasteiger partial charge >= 0.3 is 0 Å². The minimum atomic E-state index is 0.00887. The number of fused-ring (bicyclic) bond motifs is 2. The van der Waals surface area contributed by atoms with Crippen LogP contribution in [0.3, 0.4) is 0 Å². The largest absolute Gasteiger partial charge is 0.315 e. The molecule has 31 heavy (non-hydrogen) atoms. The lowest BCUT2D eigenvalue weighted by molar-refractivity contribution is 0.511. The second kappa shape index (κ2) is 7.50. The van der Waals surface area contributed by atoms with Gasteiger partial charge in [-0.05, 0) is 30.5 Å². The Hall–Kier alpha value is -3.74. The zero-order valence-corrected chi connectivity index (χ0v) is 17.9. The molecule has 7 nitrogen and oxygen atoms in total. The lowest BCUT2D eigenvalue weighted by Crippen LogP contribution is -2.21. The first kappa shape index (κ1) is 19.2. The van der Waals surface area contributed by atoms with Gasteiger partial charge in [-0.25, -0.2) is 9.50 Å². The minimum absolute atomic E-state index is 0.00887. The Labute approximate surface area is 179 Å². The fourth-order valence-corrected chi connectivity index (χ4v) is 3.96. The Bertz CT molecular complexity index is 1460. The number of aromatic nitrogens is 6. The summed E-state index contributed by atoms with van der Waals surface area (Å²) in [4.78, 5) is 16.9. The molecule has 0 amide bonds. The Morgan fingerprint density at radius 2 is 1.77 bits per heavy atom. The van der Waals surface area contributed by atoms with Gasteiger partial charge in [0.15, 0.2) is 5.65 Å². The van der Waals surface area contributed by atoms with E-state index in [4.69, 9.17) is 4.98 Å². The second-order valence-electron chi connectivity index (χ2n) is 8.21. The monoisotopic (exact) mass is 412 g/mol. The van der Waals surface area contributed by atoms with E-state index in [2.05, 4.69) is 49.2 Å². The Kier molecular flexibility index (Phi) is 4.66. The molecule has 5 aromatic rings. The highest BCUT2D eigenvalue weighted by atomic mass is 16.1. The van der Waals surface area contributed by atoms with Crippen LogP contribution in [0.4, 0.5) is 0 Å². The molecule has 0 unspecified atom stereocenters. The molecule has 0 radical (unpaired) electrons. The molecule has 0 fully saturated rings. The van der Waals surface area contributed by atoms with Gasteiger partial charge in [-0.2, -0.15) is 10.2 Å². The van der Waals surface area contributed by atoms with Crippen molar-refractivity contribution in [3.8, 4) is 22.3 Å². The van der Waals surface area contributed by atoms with E-state index in [1.165, 1.54) is 0 Å². The molecule has 0 spiro atoms. The van der Waals surface area contributed by atoms with Crippen LogP contribution in [0.15, 0.2) is 66.1 Å². The lowest BCUT2D eigenvalue weighted by atomic mass is 10.1. The number of hydrogen-bond acceptors (Lipinski definition) is 4. The molecule has 156 valence electrons. The van der Waals surface area contributed by atoms with Gasteiger partial charge in [0.05, 0.1) is 17.9 Å². The van der Waals surface area contributed by atoms with Crippen LogP contribution in [0.1, 0.15) is 20.8 Å². The number of rotatable bonds is 5. The Balaban J connectivity index is 1.56. The highest BCUT2D eigenvalue weighted by Crippen LogP contribution is 2.28. The first-order valence-corrected chi connectivity index (χ1v) is 10.5. The third-order valence-corrected chi connectivity index (χ3v) is 5.49. The summed E-state index contributed by atoms with van der Waals surface area (Å²) in [5, 5.41) is 10.1. The molecule has 0 aliphatic rings. The van der Waals surface area contributed by atoms with Crippen molar-refractivity contribution in [2.24, 2.45) is 5.92 Å². The maximum atomic E-state index is 12.2. The molecular weight excluding hydrogens is 388 g/mol. The molecular formula is C24H24N6O. The van der Waals surface area contributed by atoms with Gasteiger partial charge in [-0.3, -0.25) is 9.48 Å². The molecule has 0 aliphatic carbocycles. The summed E-state index contributed by atoms with van der Waals surface area (Å²) < 4.78 is 5.54. The van der Waals surface area contributed by atoms with Crippen molar-refractivity contribution >= 4 is 16.6 Å². The molecule has 0 N–H and O–H groups in total. The van der Waals surface area contributed by atoms with E-state index in [1.807, 2.05) is 41.7 Å². The van der Waals surface area contributed by atoms with Crippen LogP contribution in [-0.2, 0) is 13.1 Å². The van der Waals surface area contributed by atoms with Crippen LogP contribution < -0.4 is 5.56 Å². The number of hydrogen-bond donors (Lipinski definition) is 0. The van der Waals surface area contributed by atoms with E-state index in [9.17, 15) is 4.79 Å². The van der Waals surface area contributed by atoms with Crippen LogP contribution in [-0.4, -0.2) is 28.9 Å².